The van der Waals surface area contributed by atoms with Gasteiger partial charge >= 0.3 is 0 Å². The van der Waals surface area contributed by atoms with E-state index >= 15 is 0 Å². The summed E-state index contributed by atoms with van der Waals surface area (Å²) in [5.41, 5.74) is 5.51. The third kappa shape index (κ3) is 3.84. The highest BCUT2D eigenvalue weighted by Crippen LogP contribution is 2.07. The Kier molecular flexibility index (Phi) is 5.30. The Bertz CT molecular complexity index is 264. The summed E-state index contributed by atoms with van der Waals surface area (Å²) in [5, 5.41) is 0. The number of amides is 1. The van der Waals surface area contributed by atoms with E-state index in [4.69, 9.17) is 12.2 Å². The van der Waals surface area contributed by atoms with Crippen molar-refractivity contribution in [3.8, 4) is 12.3 Å². The number of hydrogen-bond acceptors (Lipinski definition) is 3. The number of piperazine rings is 1. The van der Waals surface area contributed by atoms with Crippen LogP contribution in [0.4, 0.5) is 0 Å². The van der Waals surface area contributed by atoms with E-state index in [-0.39, 0.29) is 11.8 Å². The van der Waals surface area contributed by atoms with Crippen LogP contribution in [0.15, 0.2) is 0 Å². The number of nitrogens with zero attached hydrogens (tertiary/aromatic N) is 2. The molecular weight excluding hydrogens is 202 g/mol. The third-order valence-corrected chi connectivity index (χ3v) is 2.97. The molecule has 1 fully saturated rings. The molecular formula is C12H21N3O. The molecule has 1 heterocycles. The topological polar surface area (TPSA) is 49.6 Å². The largest absolute Gasteiger partial charge is 0.340 e. The van der Waals surface area contributed by atoms with E-state index < -0.39 is 0 Å². The molecule has 1 atom stereocenters. The summed E-state index contributed by atoms with van der Waals surface area (Å²) in [6, 6.07) is 0. The van der Waals surface area contributed by atoms with Crippen LogP contribution in [0.1, 0.15) is 13.3 Å². The van der Waals surface area contributed by atoms with Gasteiger partial charge in [-0.15, -0.1) is 6.42 Å². The van der Waals surface area contributed by atoms with Gasteiger partial charge in [-0.25, -0.2) is 0 Å². The smallest absolute Gasteiger partial charge is 0.222 e. The van der Waals surface area contributed by atoms with Gasteiger partial charge in [0.1, 0.15) is 0 Å². The number of nitrogens with two attached hydrogens (primary N) is 1. The maximum atomic E-state index is 11.8. The number of hydrogen-bond donors (Lipinski definition) is 1. The van der Waals surface area contributed by atoms with Crippen LogP contribution in [0.2, 0.25) is 0 Å². The van der Waals surface area contributed by atoms with Gasteiger partial charge < -0.3 is 10.6 Å². The van der Waals surface area contributed by atoms with Gasteiger partial charge in [0.05, 0.1) is 6.54 Å². The molecule has 0 bridgehead atoms. The van der Waals surface area contributed by atoms with Gasteiger partial charge in [-0.1, -0.05) is 12.8 Å². The molecule has 16 heavy (non-hydrogen) atoms. The van der Waals surface area contributed by atoms with Crippen molar-refractivity contribution in [3.63, 3.8) is 0 Å². The molecule has 1 aliphatic heterocycles. The molecule has 0 radical (unpaired) electrons. The van der Waals surface area contributed by atoms with Gasteiger partial charge in [0.2, 0.25) is 5.91 Å². The maximum Gasteiger partial charge on any atom is 0.222 e. The van der Waals surface area contributed by atoms with E-state index in [1.807, 2.05) is 11.8 Å². The van der Waals surface area contributed by atoms with Gasteiger partial charge in [0.25, 0.3) is 0 Å². The fourth-order valence-corrected chi connectivity index (χ4v) is 1.80. The second-order valence-electron chi connectivity index (χ2n) is 4.41. The molecule has 4 nitrogen and oxygen atoms in total. The molecule has 2 N–H and O–H groups in total. The van der Waals surface area contributed by atoms with Crippen LogP contribution < -0.4 is 5.73 Å². The zero-order chi connectivity index (χ0) is 12.0. The first-order valence-corrected chi connectivity index (χ1v) is 5.81. The Morgan fingerprint density at radius 2 is 2.06 bits per heavy atom. The minimum Gasteiger partial charge on any atom is -0.340 e. The van der Waals surface area contributed by atoms with Crippen molar-refractivity contribution in [2.24, 2.45) is 11.7 Å². The molecule has 1 aliphatic rings. The van der Waals surface area contributed by atoms with Crippen LogP contribution in [0.5, 0.6) is 0 Å². The minimum atomic E-state index is 0.221. The zero-order valence-electron chi connectivity index (χ0n) is 9.98. The number of terminal acetylenes is 1. The van der Waals surface area contributed by atoms with E-state index in [0.717, 1.165) is 26.2 Å². The van der Waals surface area contributed by atoms with E-state index in [1.165, 1.54) is 0 Å². The summed E-state index contributed by atoms with van der Waals surface area (Å²) < 4.78 is 0. The Labute approximate surface area is 97.8 Å². The molecule has 0 aromatic rings. The fraction of sp³-hybridized carbons (Fsp3) is 0.750. The normalized spacial score (nSPS) is 19.2. The second kappa shape index (κ2) is 6.51. The van der Waals surface area contributed by atoms with Gasteiger partial charge in [0, 0.05) is 32.6 Å². The Balaban J connectivity index is 2.30. The molecule has 1 amide bonds. The highest BCUT2D eigenvalue weighted by Gasteiger charge is 2.21. The second-order valence-corrected chi connectivity index (χ2v) is 4.41. The van der Waals surface area contributed by atoms with Crippen LogP contribution in [0, 0.1) is 18.3 Å². The molecule has 4 heteroatoms. The molecule has 0 saturated carbocycles. The van der Waals surface area contributed by atoms with Gasteiger partial charge in [-0.05, 0) is 12.5 Å². The van der Waals surface area contributed by atoms with Crippen LogP contribution in [0.3, 0.4) is 0 Å². The molecule has 1 rings (SSSR count). The first-order chi connectivity index (χ1) is 7.67. The Morgan fingerprint density at radius 3 is 2.56 bits per heavy atom. The predicted molar refractivity (Wildman–Crippen MR) is 64.7 cm³/mol. The van der Waals surface area contributed by atoms with Crippen molar-refractivity contribution in [2.45, 2.75) is 13.3 Å². The lowest BCUT2D eigenvalue weighted by molar-refractivity contribution is -0.133. The van der Waals surface area contributed by atoms with E-state index in [9.17, 15) is 4.79 Å². The molecule has 1 unspecified atom stereocenters. The lowest BCUT2D eigenvalue weighted by Gasteiger charge is -2.34. The fourth-order valence-electron chi connectivity index (χ4n) is 1.80. The maximum absolute atomic E-state index is 11.8. The SMILES string of the molecule is C#CCN1CCN(C(=O)CC(C)CN)CC1. The Morgan fingerprint density at radius 1 is 1.44 bits per heavy atom. The number of carbonyl (C=O) groups is 1. The molecule has 90 valence electrons. The molecule has 0 aliphatic carbocycles. The average molecular weight is 223 g/mol. The monoisotopic (exact) mass is 223 g/mol. The van der Waals surface area contributed by atoms with Gasteiger partial charge in [0.15, 0.2) is 0 Å². The molecule has 0 aromatic carbocycles. The van der Waals surface area contributed by atoms with Crippen LogP contribution in [-0.2, 0) is 4.79 Å². The van der Waals surface area contributed by atoms with Crippen molar-refractivity contribution >= 4 is 5.91 Å². The highest BCUT2D eigenvalue weighted by atomic mass is 16.2. The van der Waals surface area contributed by atoms with Crippen LogP contribution in [-0.4, -0.2) is 55.0 Å². The third-order valence-electron chi connectivity index (χ3n) is 2.97. The summed E-state index contributed by atoms with van der Waals surface area (Å²) in [6.07, 6.45) is 5.81. The van der Waals surface area contributed by atoms with E-state index in [0.29, 0.717) is 19.5 Å². The van der Waals surface area contributed by atoms with Crippen molar-refractivity contribution < 1.29 is 4.79 Å². The van der Waals surface area contributed by atoms with Crippen molar-refractivity contribution in [2.75, 3.05) is 39.3 Å². The standard InChI is InChI=1S/C12H21N3O/c1-3-4-14-5-7-15(8-6-14)12(16)9-11(2)10-13/h1,11H,4-10,13H2,2H3. The first-order valence-electron chi connectivity index (χ1n) is 5.81. The van der Waals surface area contributed by atoms with Gasteiger partial charge in [-0.3, -0.25) is 9.69 Å². The lowest BCUT2D eigenvalue weighted by atomic mass is 10.1. The quantitative estimate of drug-likeness (QED) is 0.669. The van der Waals surface area contributed by atoms with E-state index in [1.54, 1.807) is 0 Å². The number of rotatable bonds is 4. The molecule has 0 spiro atoms. The van der Waals surface area contributed by atoms with Crippen LogP contribution in [0.25, 0.3) is 0 Å². The minimum absolute atomic E-state index is 0.221. The summed E-state index contributed by atoms with van der Waals surface area (Å²) in [4.78, 5) is 15.9. The van der Waals surface area contributed by atoms with E-state index in [2.05, 4.69) is 10.8 Å². The average Bonchev–Trinajstić information content (AvgIpc) is 2.30. The summed E-state index contributed by atoms with van der Waals surface area (Å²) in [7, 11) is 0. The predicted octanol–water partition coefficient (Wildman–Crippen LogP) is -0.251. The molecule has 0 aromatic heterocycles. The van der Waals surface area contributed by atoms with Crippen molar-refractivity contribution in [1.82, 2.24) is 9.80 Å². The summed E-state index contributed by atoms with van der Waals surface area (Å²) >= 11 is 0. The lowest BCUT2D eigenvalue weighted by Crippen LogP contribution is -2.49. The summed E-state index contributed by atoms with van der Waals surface area (Å²) in [5.74, 6) is 3.12. The first kappa shape index (κ1) is 13.0. The van der Waals surface area contributed by atoms with Crippen molar-refractivity contribution in [1.29, 1.82) is 0 Å². The Hall–Kier alpha value is -1.05. The molecule has 1 saturated heterocycles. The number of carbonyl (C=O) groups excluding carboxylic acids is 1. The van der Waals surface area contributed by atoms with Crippen molar-refractivity contribution in [3.05, 3.63) is 0 Å². The zero-order valence-corrected chi connectivity index (χ0v) is 9.98. The van der Waals surface area contributed by atoms with Gasteiger partial charge in [-0.2, -0.15) is 0 Å². The highest BCUT2D eigenvalue weighted by molar-refractivity contribution is 5.76. The summed E-state index contributed by atoms with van der Waals surface area (Å²) in [6.45, 7) is 6.60. The van der Waals surface area contributed by atoms with Crippen LogP contribution >= 0.6 is 0 Å².